The molecule has 0 fully saturated rings. The average molecular weight is 282 g/mol. The molecule has 3 rings (SSSR count). The third-order valence-electron chi connectivity index (χ3n) is 3.29. The summed E-state index contributed by atoms with van der Waals surface area (Å²) in [4.78, 5) is 11.3. The number of fused-ring (bicyclic) bond motifs is 1. The van der Waals surface area contributed by atoms with Gasteiger partial charge in [0.15, 0.2) is 0 Å². The molecule has 0 amide bonds. The molecule has 0 saturated heterocycles. The van der Waals surface area contributed by atoms with Gasteiger partial charge in [0.25, 0.3) is 0 Å². The van der Waals surface area contributed by atoms with Gasteiger partial charge in [-0.15, -0.1) is 0 Å². The lowest BCUT2D eigenvalue weighted by atomic mass is 10.1. The zero-order valence-electron chi connectivity index (χ0n) is 11.5. The zero-order valence-corrected chi connectivity index (χ0v) is 11.5. The number of hydrogen-bond donors (Lipinski definition) is 1. The second kappa shape index (κ2) is 5.32. The highest BCUT2D eigenvalue weighted by Crippen LogP contribution is 2.26. The van der Waals surface area contributed by atoms with E-state index < -0.39 is 5.97 Å². The predicted molar refractivity (Wildman–Crippen MR) is 78.7 cm³/mol. The molecule has 4 heteroatoms. The van der Waals surface area contributed by atoms with Gasteiger partial charge in [-0.1, -0.05) is 18.2 Å². The fourth-order valence-corrected chi connectivity index (χ4v) is 2.30. The minimum absolute atomic E-state index is 0.226. The largest absolute Gasteiger partial charge is 0.489 e. The van der Waals surface area contributed by atoms with E-state index in [0.29, 0.717) is 11.0 Å². The first kappa shape index (κ1) is 13.2. The van der Waals surface area contributed by atoms with Gasteiger partial charge in [-0.3, -0.25) is 0 Å². The standard InChI is InChI=1S/C17H14O4/c1-11-4-2-5-13(8-11)20-9-12-10-21-15-7-3-6-14(16(12)15)17(18)19/h2-8,10H,9H2,1H3,(H,18,19). The summed E-state index contributed by atoms with van der Waals surface area (Å²) in [5.74, 6) is -0.226. The van der Waals surface area contributed by atoms with Gasteiger partial charge in [-0.2, -0.15) is 0 Å². The highest BCUT2D eigenvalue weighted by atomic mass is 16.5. The van der Waals surface area contributed by atoms with Crippen molar-refractivity contribution in [3.63, 3.8) is 0 Å². The van der Waals surface area contributed by atoms with Gasteiger partial charge in [-0.05, 0) is 36.8 Å². The molecule has 0 atom stereocenters. The molecule has 0 radical (unpaired) electrons. The monoisotopic (exact) mass is 282 g/mol. The summed E-state index contributed by atoms with van der Waals surface area (Å²) in [5, 5.41) is 9.86. The molecule has 1 N–H and O–H groups in total. The first-order chi connectivity index (χ1) is 10.1. The number of carboxylic acid groups (broad SMARTS) is 1. The molecule has 21 heavy (non-hydrogen) atoms. The molecular formula is C17H14O4. The Morgan fingerprint density at radius 3 is 2.81 bits per heavy atom. The third kappa shape index (κ3) is 2.60. The summed E-state index contributed by atoms with van der Waals surface area (Å²) in [7, 11) is 0. The summed E-state index contributed by atoms with van der Waals surface area (Å²) in [6.07, 6.45) is 1.55. The maximum absolute atomic E-state index is 11.3. The summed E-state index contributed by atoms with van der Waals surface area (Å²) >= 11 is 0. The molecule has 0 saturated carbocycles. The SMILES string of the molecule is Cc1cccc(OCc2coc3cccc(C(=O)O)c23)c1. The second-order valence-electron chi connectivity index (χ2n) is 4.85. The van der Waals surface area contributed by atoms with Crippen molar-refractivity contribution in [1.82, 2.24) is 0 Å². The first-order valence-corrected chi connectivity index (χ1v) is 6.57. The van der Waals surface area contributed by atoms with Crippen LogP contribution < -0.4 is 4.74 Å². The minimum Gasteiger partial charge on any atom is -0.489 e. The molecule has 0 aliphatic carbocycles. The predicted octanol–water partition coefficient (Wildman–Crippen LogP) is 4.02. The summed E-state index contributed by atoms with van der Waals surface area (Å²) in [6, 6.07) is 12.7. The van der Waals surface area contributed by atoms with Gasteiger partial charge in [0, 0.05) is 10.9 Å². The van der Waals surface area contributed by atoms with E-state index in [1.807, 2.05) is 31.2 Å². The molecule has 0 bridgehead atoms. The lowest BCUT2D eigenvalue weighted by molar-refractivity contribution is 0.0699. The van der Waals surface area contributed by atoms with Crippen molar-refractivity contribution in [1.29, 1.82) is 0 Å². The Morgan fingerprint density at radius 2 is 2.05 bits per heavy atom. The van der Waals surface area contributed by atoms with Gasteiger partial charge >= 0.3 is 5.97 Å². The van der Waals surface area contributed by atoms with Gasteiger partial charge in [0.2, 0.25) is 0 Å². The van der Waals surface area contributed by atoms with Crippen LogP contribution in [-0.4, -0.2) is 11.1 Å². The van der Waals surface area contributed by atoms with E-state index in [0.717, 1.165) is 16.9 Å². The van der Waals surface area contributed by atoms with E-state index in [2.05, 4.69) is 0 Å². The number of furan rings is 1. The third-order valence-corrected chi connectivity index (χ3v) is 3.29. The number of ether oxygens (including phenoxy) is 1. The zero-order chi connectivity index (χ0) is 14.8. The quantitative estimate of drug-likeness (QED) is 0.785. The number of carboxylic acids is 1. The average Bonchev–Trinajstić information content (AvgIpc) is 2.88. The van der Waals surface area contributed by atoms with E-state index >= 15 is 0 Å². The molecule has 1 aromatic heterocycles. The molecule has 0 aliphatic heterocycles. The molecule has 0 aliphatic rings. The van der Waals surface area contributed by atoms with Crippen LogP contribution in [0.15, 0.2) is 53.1 Å². The Morgan fingerprint density at radius 1 is 1.24 bits per heavy atom. The molecule has 2 aromatic carbocycles. The van der Waals surface area contributed by atoms with Gasteiger partial charge in [0.1, 0.15) is 17.9 Å². The van der Waals surface area contributed by atoms with Crippen LogP contribution in [0.2, 0.25) is 0 Å². The first-order valence-electron chi connectivity index (χ1n) is 6.57. The van der Waals surface area contributed by atoms with Crippen LogP contribution in [0, 0.1) is 6.92 Å². The van der Waals surface area contributed by atoms with E-state index in [-0.39, 0.29) is 12.2 Å². The van der Waals surface area contributed by atoms with Crippen molar-refractivity contribution >= 4 is 16.9 Å². The highest BCUT2D eigenvalue weighted by Gasteiger charge is 2.15. The maximum atomic E-state index is 11.3. The van der Waals surface area contributed by atoms with Crippen LogP contribution >= 0.6 is 0 Å². The number of aryl methyl sites for hydroxylation is 1. The topological polar surface area (TPSA) is 59.7 Å². The Labute approximate surface area is 121 Å². The molecule has 3 aromatic rings. The lowest BCUT2D eigenvalue weighted by Crippen LogP contribution is -2.00. The lowest BCUT2D eigenvalue weighted by Gasteiger charge is -2.06. The van der Waals surface area contributed by atoms with Crippen LogP contribution in [0.1, 0.15) is 21.5 Å². The van der Waals surface area contributed by atoms with Gasteiger partial charge < -0.3 is 14.3 Å². The summed E-state index contributed by atoms with van der Waals surface area (Å²) in [5.41, 5.74) is 2.61. The Hall–Kier alpha value is -2.75. The number of carbonyl (C=O) groups is 1. The van der Waals surface area contributed by atoms with Crippen LogP contribution in [0.4, 0.5) is 0 Å². The minimum atomic E-state index is -0.973. The van der Waals surface area contributed by atoms with Crippen molar-refractivity contribution in [3.05, 3.63) is 65.4 Å². The summed E-state index contributed by atoms with van der Waals surface area (Å²) in [6.45, 7) is 2.25. The van der Waals surface area contributed by atoms with Gasteiger partial charge in [-0.25, -0.2) is 4.79 Å². The normalized spacial score (nSPS) is 10.7. The smallest absolute Gasteiger partial charge is 0.336 e. The van der Waals surface area contributed by atoms with Crippen molar-refractivity contribution in [3.8, 4) is 5.75 Å². The Kier molecular flexibility index (Phi) is 3.36. The molecule has 106 valence electrons. The van der Waals surface area contributed by atoms with E-state index in [1.54, 1.807) is 24.5 Å². The van der Waals surface area contributed by atoms with Crippen LogP contribution in [0.5, 0.6) is 5.75 Å². The van der Waals surface area contributed by atoms with Gasteiger partial charge in [0.05, 0.1) is 11.8 Å². The van der Waals surface area contributed by atoms with Crippen molar-refractivity contribution in [2.24, 2.45) is 0 Å². The van der Waals surface area contributed by atoms with Crippen LogP contribution in [-0.2, 0) is 6.61 Å². The number of hydrogen-bond acceptors (Lipinski definition) is 3. The van der Waals surface area contributed by atoms with Crippen LogP contribution in [0.25, 0.3) is 11.0 Å². The van der Waals surface area contributed by atoms with Crippen molar-refractivity contribution in [2.75, 3.05) is 0 Å². The molecule has 0 unspecified atom stereocenters. The number of rotatable bonds is 4. The molecule has 4 nitrogen and oxygen atoms in total. The van der Waals surface area contributed by atoms with E-state index in [9.17, 15) is 9.90 Å². The fraction of sp³-hybridized carbons (Fsp3) is 0.118. The summed E-state index contributed by atoms with van der Waals surface area (Å²) < 4.78 is 11.1. The van der Waals surface area contributed by atoms with E-state index in [1.165, 1.54) is 0 Å². The maximum Gasteiger partial charge on any atom is 0.336 e. The fourth-order valence-electron chi connectivity index (χ4n) is 2.30. The Bertz CT molecular complexity index is 801. The second-order valence-corrected chi connectivity index (χ2v) is 4.85. The molecule has 0 spiro atoms. The molecule has 1 heterocycles. The highest BCUT2D eigenvalue weighted by molar-refractivity contribution is 6.03. The Balaban J connectivity index is 1.92. The van der Waals surface area contributed by atoms with Crippen LogP contribution in [0.3, 0.4) is 0 Å². The number of aromatic carboxylic acids is 1. The van der Waals surface area contributed by atoms with Crippen molar-refractivity contribution < 1.29 is 19.1 Å². The van der Waals surface area contributed by atoms with E-state index in [4.69, 9.17) is 9.15 Å². The number of benzene rings is 2. The molecular weight excluding hydrogens is 268 g/mol. The van der Waals surface area contributed by atoms with Crippen molar-refractivity contribution in [2.45, 2.75) is 13.5 Å².